The Morgan fingerprint density at radius 1 is 1.33 bits per heavy atom. The maximum absolute atomic E-state index is 12.7. The molecule has 3 heteroatoms. The smallest absolute Gasteiger partial charge is 0.123 e. The van der Waals surface area contributed by atoms with E-state index in [0.29, 0.717) is 6.04 Å². The van der Waals surface area contributed by atoms with Crippen LogP contribution >= 0.6 is 0 Å². The van der Waals surface area contributed by atoms with E-state index in [4.69, 9.17) is 0 Å². The molecule has 84 valence electrons. The van der Waals surface area contributed by atoms with E-state index in [2.05, 4.69) is 24.2 Å². The van der Waals surface area contributed by atoms with Crippen LogP contribution in [0, 0.1) is 5.82 Å². The van der Waals surface area contributed by atoms with Gasteiger partial charge >= 0.3 is 0 Å². The molecular weight excluding hydrogens is 191 g/mol. The lowest BCUT2D eigenvalue weighted by molar-refractivity contribution is 0.295. The van der Waals surface area contributed by atoms with Crippen molar-refractivity contribution in [2.24, 2.45) is 0 Å². The minimum Gasteiger partial charge on any atom is -0.316 e. The molecule has 0 fully saturated rings. The van der Waals surface area contributed by atoms with Crippen molar-refractivity contribution in [1.82, 2.24) is 10.2 Å². The van der Waals surface area contributed by atoms with E-state index in [1.807, 2.05) is 19.2 Å². The number of hydrogen-bond donors (Lipinski definition) is 1. The van der Waals surface area contributed by atoms with Crippen molar-refractivity contribution in [2.45, 2.75) is 19.5 Å². The molecule has 1 N–H and O–H groups in total. The Morgan fingerprint density at radius 2 is 1.93 bits per heavy atom. The Balaban J connectivity index is 2.44. The average Bonchev–Trinajstić information content (AvgIpc) is 2.21. The zero-order valence-electron chi connectivity index (χ0n) is 9.63. The Labute approximate surface area is 91.1 Å². The third-order valence-corrected chi connectivity index (χ3v) is 2.44. The van der Waals surface area contributed by atoms with Crippen molar-refractivity contribution < 1.29 is 4.39 Å². The van der Waals surface area contributed by atoms with Gasteiger partial charge < -0.3 is 10.2 Å². The van der Waals surface area contributed by atoms with Crippen LogP contribution in [0.2, 0.25) is 0 Å². The fraction of sp³-hybridized carbons (Fsp3) is 0.500. The van der Waals surface area contributed by atoms with E-state index < -0.39 is 0 Å². The van der Waals surface area contributed by atoms with Crippen molar-refractivity contribution in [3.63, 3.8) is 0 Å². The lowest BCUT2D eigenvalue weighted by atomic mass is 10.2. The molecule has 0 radical (unpaired) electrons. The van der Waals surface area contributed by atoms with Crippen LogP contribution in [0.1, 0.15) is 12.5 Å². The van der Waals surface area contributed by atoms with E-state index in [-0.39, 0.29) is 5.82 Å². The molecule has 0 aliphatic carbocycles. The van der Waals surface area contributed by atoms with Crippen LogP contribution in [0.25, 0.3) is 0 Å². The number of nitrogens with zero attached hydrogens (tertiary/aromatic N) is 1. The summed E-state index contributed by atoms with van der Waals surface area (Å²) in [6.45, 7) is 3.97. The summed E-state index contributed by atoms with van der Waals surface area (Å²) in [6, 6.07) is 7.14. The van der Waals surface area contributed by atoms with Crippen LogP contribution in [0.3, 0.4) is 0 Å². The van der Waals surface area contributed by atoms with Crippen LogP contribution in [-0.4, -0.2) is 31.6 Å². The highest BCUT2D eigenvalue weighted by Gasteiger charge is 2.04. The highest BCUT2D eigenvalue weighted by Crippen LogP contribution is 2.05. The first-order chi connectivity index (χ1) is 7.11. The molecule has 0 saturated carbocycles. The predicted molar refractivity (Wildman–Crippen MR) is 61.3 cm³/mol. The molecular formula is C12H19FN2. The number of nitrogens with one attached hydrogen (secondary N) is 1. The third-order valence-electron chi connectivity index (χ3n) is 2.44. The maximum atomic E-state index is 12.7. The quantitative estimate of drug-likeness (QED) is 0.798. The predicted octanol–water partition coefficient (Wildman–Crippen LogP) is 1.87. The fourth-order valence-corrected chi connectivity index (χ4v) is 1.52. The minimum atomic E-state index is -0.176. The van der Waals surface area contributed by atoms with Gasteiger partial charge in [-0.25, -0.2) is 4.39 Å². The summed E-state index contributed by atoms with van der Waals surface area (Å²) in [6.07, 6.45) is 0. The van der Waals surface area contributed by atoms with Crippen molar-refractivity contribution in [3.8, 4) is 0 Å². The normalized spacial score (nSPS) is 13.1. The second-order valence-electron chi connectivity index (χ2n) is 4.01. The van der Waals surface area contributed by atoms with E-state index in [0.717, 1.165) is 18.7 Å². The van der Waals surface area contributed by atoms with Gasteiger partial charge in [0.15, 0.2) is 0 Å². The molecule has 0 saturated heterocycles. The molecule has 0 bridgehead atoms. The number of benzene rings is 1. The van der Waals surface area contributed by atoms with Crippen LogP contribution in [0.5, 0.6) is 0 Å². The van der Waals surface area contributed by atoms with Crippen LogP contribution in [0.4, 0.5) is 4.39 Å². The topological polar surface area (TPSA) is 15.3 Å². The number of likely N-dealkylation sites (N-methyl/N-ethyl adjacent to an activating group) is 2. The number of hydrogen-bond acceptors (Lipinski definition) is 2. The van der Waals surface area contributed by atoms with E-state index in [9.17, 15) is 4.39 Å². The highest BCUT2D eigenvalue weighted by atomic mass is 19.1. The van der Waals surface area contributed by atoms with Gasteiger partial charge in [-0.1, -0.05) is 12.1 Å². The molecule has 2 nitrogen and oxygen atoms in total. The summed E-state index contributed by atoms with van der Waals surface area (Å²) in [5.74, 6) is -0.176. The summed E-state index contributed by atoms with van der Waals surface area (Å²) in [5.41, 5.74) is 1.14. The molecule has 0 amide bonds. The van der Waals surface area contributed by atoms with Crippen LogP contribution < -0.4 is 5.32 Å². The molecule has 1 atom stereocenters. The molecule has 1 aromatic rings. The lowest BCUT2D eigenvalue weighted by Crippen LogP contribution is -2.34. The van der Waals surface area contributed by atoms with Crippen molar-refractivity contribution >= 4 is 0 Å². The largest absolute Gasteiger partial charge is 0.316 e. The van der Waals surface area contributed by atoms with E-state index in [1.54, 1.807) is 0 Å². The molecule has 1 rings (SSSR count). The van der Waals surface area contributed by atoms with Gasteiger partial charge in [0.05, 0.1) is 0 Å². The monoisotopic (exact) mass is 210 g/mol. The summed E-state index contributed by atoms with van der Waals surface area (Å²) >= 11 is 0. The Kier molecular flexibility index (Phi) is 4.72. The van der Waals surface area contributed by atoms with Gasteiger partial charge in [0.25, 0.3) is 0 Å². The van der Waals surface area contributed by atoms with Crippen LogP contribution in [-0.2, 0) is 6.54 Å². The molecule has 0 aliphatic rings. The van der Waals surface area contributed by atoms with Gasteiger partial charge in [-0.15, -0.1) is 0 Å². The second kappa shape index (κ2) is 5.83. The molecule has 1 aromatic carbocycles. The first-order valence-corrected chi connectivity index (χ1v) is 5.22. The summed E-state index contributed by atoms with van der Waals surface area (Å²) in [5, 5.41) is 3.19. The van der Waals surface area contributed by atoms with Crippen LogP contribution in [0.15, 0.2) is 24.3 Å². The number of rotatable bonds is 5. The Morgan fingerprint density at radius 3 is 2.47 bits per heavy atom. The standard InChI is InChI=1S/C12H19FN2/c1-10(14-2)8-15(3)9-11-4-6-12(13)7-5-11/h4-7,10,14H,8-9H2,1-3H3. The zero-order valence-corrected chi connectivity index (χ0v) is 9.63. The Bertz CT molecular complexity index is 284. The zero-order chi connectivity index (χ0) is 11.3. The lowest BCUT2D eigenvalue weighted by Gasteiger charge is -2.20. The first kappa shape index (κ1) is 12.1. The molecule has 0 aromatic heterocycles. The van der Waals surface area contributed by atoms with Gasteiger partial charge in [-0.05, 0) is 38.7 Å². The summed E-state index contributed by atoms with van der Waals surface area (Å²) in [7, 11) is 4.02. The highest BCUT2D eigenvalue weighted by molar-refractivity contribution is 5.15. The van der Waals surface area contributed by atoms with Gasteiger partial charge in [0.2, 0.25) is 0 Å². The summed E-state index contributed by atoms with van der Waals surface area (Å²) < 4.78 is 12.7. The van der Waals surface area contributed by atoms with E-state index in [1.165, 1.54) is 12.1 Å². The molecule has 0 spiro atoms. The molecule has 0 aliphatic heterocycles. The van der Waals surface area contributed by atoms with Gasteiger partial charge in [-0.3, -0.25) is 0 Å². The maximum Gasteiger partial charge on any atom is 0.123 e. The first-order valence-electron chi connectivity index (χ1n) is 5.22. The molecule has 15 heavy (non-hydrogen) atoms. The van der Waals surface area contributed by atoms with E-state index >= 15 is 0 Å². The Hall–Kier alpha value is -0.930. The minimum absolute atomic E-state index is 0.176. The fourth-order valence-electron chi connectivity index (χ4n) is 1.52. The van der Waals surface area contributed by atoms with Gasteiger partial charge in [0.1, 0.15) is 5.82 Å². The number of halogens is 1. The average molecular weight is 210 g/mol. The second-order valence-corrected chi connectivity index (χ2v) is 4.01. The van der Waals surface area contributed by atoms with Crippen molar-refractivity contribution in [2.75, 3.05) is 20.6 Å². The van der Waals surface area contributed by atoms with Gasteiger partial charge in [0, 0.05) is 19.1 Å². The molecule has 0 heterocycles. The SMILES string of the molecule is CNC(C)CN(C)Cc1ccc(F)cc1. The van der Waals surface area contributed by atoms with Crippen molar-refractivity contribution in [3.05, 3.63) is 35.6 Å². The summed E-state index contributed by atoms with van der Waals surface area (Å²) in [4.78, 5) is 2.22. The molecule has 1 unspecified atom stereocenters. The van der Waals surface area contributed by atoms with Crippen molar-refractivity contribution in [1.29, 1.82) is 0 Å². The third kappa shape index (κ3) is 4.40. The van der Waals surface area contributed by atoms with Gasteiger partial charge in [-0.2, -0.15) is 0 Å².